The lowest BCUT2D eigenvalue weighted by atomic mass is 9.90. The molecule has 0 spiro atoms. The van der Waals surface area contributed by atoms with Crippen molar-refractivity contribution in [1.82, 2.24) is 5.32 Å². The fourth-order valence-electron chi connectivity index (χ4n) is 1.73. The maximum absolute atomic E-state index is 10.7. The minimum Gasteiger partial charge on any atom is -0.481 e. The minimum atomic E-state index is -0.896. The van der Waals surface area contributed by atoms with Crippen LogP contribution in [0.5, 0.6) is 0 Å². The van der Waals surface area contributed by atoms with Gasteiger partial charge in [-0.1, -0.05) is 6.92 Å². The largest absolute Gasteiger partial charge is 0.481 e. The third-order valence-corrected chi connectivity index (χ3v) is 2.71. The molecule has 0 saturated carbocycles. The maximum atomic E-state index is 10.7. The molecule has 3 unspecified atom stereocenters. The number of piperidine rings is 1. The summed E-state index contributed by atoms with van der Waals surface area (Å²) in [6, 6.07) is -0.808. The molecular weight excluding hydrogens is 186 g/mol. The van der Waals surface area contributed by atoms with E-state index in [-0.39, 0.29) is 6.04 Å². The molecule has 80 valence electrons. The van der Waals surface area contributed by atoms with Crippen molar-refractivity contribution >= 4 is 11.9 Å². The zero-order valence-corrected chi connectivity index (χ0v) is 8.06. The number of hydrogen-bond acceptors (Lipinski definition) is 3. The summed E-state index contributed by atoms with van der Waals surface area (Å²) in [5.74, 6) is -2.31. The van der Waals surface area contributed by atoms with Crippen LogP contribution in [-0.2, 0) is 9.59 Å². The Hall–Kier alpha value is -1.10. The van der Waals surface area contributed by atoms with E-state index < -0.39 is 23.9 Å². The average molecular weight is 201 g/mol. The number of rotatable bonds is 3. The van der Waals surface area contributed by atoms with Gasteiger partial charge in [-0.15, -0.1) is 0 Å². The Morgan fingerprint density at radius 2 is 2.00 bits per heavy atom. The van der Waals surface area contributed by atoms with Gasteiger partial charge in [-0.25, -0.2) is 0 Å². The van der Waals surface area contributed by atoms with Gasteiger partial charge < -0.3 is 15.5 Å². The number of carbonyl (C=O) groups is 2. The van der Waals surface area contributed by atoms with Crippen LogP contribution in [0.25, 0.3) is 0 Å². The Balaban J connectivity index is 2.55. The summed E-state index contributed by atoms with van der Waals surface area (Å²) in [5, 5.41) is 20.4. The first-order valence-corrected chi connectivity index (χ1v) is 4.74. The first-order valence-electron chi connectivity index (χ1n) is 4.74. The Kier molecular flexibility index (Phi) is 3.46. The van der Waals surface area contributed by atoms with Crippen LogP contribution in [0.1, 0.15) is 26.2 Å². The summed E-state index contributed by atoms with van der Waals surface area (Å²) in [7, 11) is 0. The number of hydrogen-bond donors (Lipinski definition) is 3. The third-order valence-electron chi connectivity index (χ3n) is 2.71. The summed E-state index contributed by atoms with van der Waals surface area (Å²) >= 11 is 0. The van der Waals surface area contributed by atoms with Crippen molar-refractivity contribution in [2.24, 2.45) is 5.92 Å². The van der Waals surface area contributed by atoms with E-state index in [0.29, 0.717) is 6.42 Å². The summed E-state index contributed by atoms with van der Waals surface area (Å²) in [6.45, 7) is 1.60. The smallest absolute Gasteiger partial charge is 0.320 e. The number of aliphatic carboxylic acids is 2. The Morgan fingerprint density at radius 1 is 1.36 bits per heavy atom. The number of carboxylic acid groups (broad SMARTS) is 2. The first kappa shape index (κ1) is 11.0. The molecule has 3 N–H and O–H groups in total. The van der Waals surface area contributed by atoms with E-state index in [0.717, 1.165) is 12.8 Å². The zero-order valence-electron chi connectivity index (χ0n) is 8.06. The van der Waals surface area contributed by atoms with Crippen molar-refractivity contribution < 1.29 is 19.8 Å². The lowest BCUT2D eigenvalue weighted by Gasteiger charge is -2.30. The minimum absolute atomic E-state index is 0.220. The molecule has 0 radical (unpaired) electrons. The molecule has 0 aliphatic carbocycles. The van der Waals surface area contributed by atoms with Gasteiger partial charge in [0.1, 0.15) is 6.04 Å². The summed E-state index contributed by atoms with van der Waals surface area (Å²) in [6.07, 6.45) is 2.08. The van der Waals surface area contributed by atoms with Crippen LogP contribution in [0.15, 0.2) is 0 Å². The van der Waals surface area contributed by atoms with Crippen LogP contribution in [0.4, 0.5) is 0 Å². The maximum Gasteiger partial charge on any atom is 0.320 e. The Bertz CT molecular complexity index is 229. The van der Waals surface area contributed by atoms with Gasteiger partial charge in [0, 0.05) is 6.04 Å². The predicted octanol–water partition coefficient (Wildman–Crippen LogP) is 0.302. The van der Waals surface area contributed by atoms with E-state index in [1.54, 1.807) is 6.92 Å². The van der Waals surface area contributed by atoms with Gasteiger partial charge in [0.25, 0.3) is 0 Å². The fraction of sp³-hybridized carbons (Fsp3) is 0.778. The highest BCUT2D eigenvalue weighted by molar-refractivity contribution is 5.74. The average Bonchev–Trinajstić information content (AvgIpc) is 2.16. The lowest BCUT2D eigenvalue weighted by molar-refractivity contribution is -0.145. The van der Waals surface area contributed by atoms with Gasteiger partial charge in [-0.2, -0.15) is 0 Å². The molecule has 0 aromatic heterocycles. The highest BCUT2D eigenvalue weighted by Crippen LogP contribution is 2.18. The van der Waals surface area contributed by atoms with Gasteiger partial charge >= 0.3 is 11.9 Å². The molecule has 1 heterocycles. The van der Waals surface area contributed by atoms with Crippen LogP contribution < -0.4 is 5.32 Å². The van der Waals surface area contributed by atoms with Crippen molar-refractivity contribution in [2.45, 2.75) is 38.3 Å². The molecule has 1 saturated heterocycles. The lowest BCUT2D eigenvalue weighted by Crippen LogP contribution is -2.50. The molecule has 1 fully saturated rings. The summed E-state index contributed by atoms with van der Waals surface area (Å²) in [5.41, 5.74) is 0. The predicted molar refractivity (Wildman–Crippen MR) is 49.0 cm³/mol. The highest BCUT2D eigenvalue weighted by atomic mass is 16.4. The Morgan fingerprint density at radius 3 is 2.50 bits per heavy atom. The van der Waals surface area contributed by atoms with E-state index in [4.69, 9.17) is 10.2 Å². The molecule has 1 aliphatic heterocycles. The first-order chi connectivity index (χ1) is 6.52. The van der Waals surface area contributed by atoms with E-state index in [1.807, 2.05) is 0 Å². The van der Waals surface area contributed by atoms with Crippen molar-refractivity contribution in [3.05, 3.63) is 0 Å². The molecule has 0 bridgehead atoms. The second-order valence-electron chi connectivity index (χ2n) is 3.72. The molecule has 5 nitrogen and oxygen atoms in total. The molecule has 1 rings (SSSR count). The third kappa shape index (κ3) is 2.45. The fourth-order valence-corrected chi connectivity index (χ4v) is 1.73. The number of carboxylic acids is 2. The highest BCUT2D eigenvalue weighted by Gasteiger charge is 2.31. The van der Waals surface area contributed by atoms with E-state index in [1.165, 1.54) is 0 Å². The summed E-state index contributed by atoms with van der Waals surface area (Å²) in [4.78, 5) is 21.4. The molecule has 1 aliphatic rings. The van der Waals surface area contributed by atoms with Crippen LogP contribution in [0, 0.1) is 5.92 Å². The molecule has 0 aromatic rings. The van der Waals surface area contributed by atoms with E-state index in [2.05, 4.69) is 5.32 Å². The number of nitrogens with one attached hydrogen (secondary N) is 1. The monoisotopic (exact) mass is 201 g/mol. The van der Waals surface area contributed by atoms with E-state index >= 15 is 0 Å². The topological polar surface area (TPSA) is 86.6 Å². The van der Waals surface area contributed by atoms with Gasteiger partial charge in [-0.3, -0.25) is 9.59 Å². The molecule has 0 amide bonds. The summed E-state index contributed by atoms with van der Waals surface area (Å²) < 4.78 is 0. The van der Waals surface area contributed by atoms with Gasteiger partial charge in [-0.05, 0) is 19.3 Å². The van der Waals surface area contributed by atoms with Crippen molar-refractivity contribution in [3.63, 3.8) is 0 Å². The molecule has 14 heavy (non-hydrogen) atoms. The van der Waals surface area contributed by atoms with Crippen molar-refractivity contribution in [3.8, 4) is 0 Å². The van der Waals surface area contributed by atoms with Gasteiger partial charge in [0.2, 0.25) is 0 Å². The SMILES string of the molecule is CC(C(=O)O)C1CCCC(C(=O)O)N1. The molecule has 5 heteroatoms. The normalized spacial score (nSPS) is 29.5. The second kappa shape index (κ2) is 4.41. The van der Waals surface area contributed by atoms with Crippen molar-refractivity contribution in [1.29, 1.82) is 0 Å². The van der Waals surface area contributed by atoms with Gasteiger partial charge in [0.05, 0.1) is 5.92 Å². The Labute approximate surface area is 82.1 Å². The van der Waals surface area contributed by atoms with Crippen LogP contribution in [0.3, 0.4) is 0 Å². The second-order valence-corrected chi connectivity index (χ2v) is 3.72. The molecule has 3 atom stereocenters. The van der Waals surface area contributed by atoms with E-state index in [9.17, 15) is 9.59 Å². The van der Waals surface area contributed by atoms with Gasteiger partial charge in [0.15, 0.2) is 0 Å². The standard InChI is InChI=1S/C9H15NO4/c1-5(8(11)12)6-3-2-4-7(10-6)9(13)14/h5-7,10H,2-4H2,1H3,(H,11,12)(H,13,14). The molecular formula is C9H15NO4. The van der Waals surface area contributed by atoms with Crippen LogP contribution in [0.2, 0.25) is 0 Å². The quantitative estimate of drug-likeness (QED) is 0.611. The van der Waals surface area contributed by atoms with Crippen LogP contribution >= 0.6 is 0 Å². The zero-order chi connectivity index (χ0) is 10.7. The molecule has 0 aromatic carbocycles. The van der Waals surface area contributed by atoms with Crippen LogP contribution in [-0.4, -0.2) is 34.2 Å². The van der Waals surface area contributed by atoms with Crippen molar-refractivity contribution in [2.75, 3.05) is 0 Å².